The van der Waals surface area contributed by atoms with Crippen molar-refractivity contribution in [2.45, 2.75) is 84.7 Å². The molecule has 0 fully saturated rings. The summed E-state index contributed by atoms with van der Waals surface area (Å²) in [5, 5.41) is 7.79. The van der Waals surface area contributed by atoms with Gasteiger partial charge in [-0.3, -0.25) is 9.59 Å². The van der Waals surface area contributed by atoms with E-state index in [-0.39, 0.29) is 18.4 Å². The Morgan fingerprint density at radius 2 is 1.31 bits per heavy atom. The lowest BCUT2D eigenvalue weighted by molar-refractivity contribution is -0.122. The molecular weight excluding hydrogens is 334 g/mol. The molecule has 26 heavy (non-hydrogen) atoms. The summed E-state index contributed by atoms with van der Waals surface area (Å²) in [4.78, 5) is 34.7. The van der Waals surface area contributed by atoms with Gasteiger partial charge in [-0.15, -0.1) is 0 Å². The maximum absolute atomic E-state index is 11.7. The third-order valence-corrected chi connectivity index (χ3v) is 3.57. The normalized spacial score (nSPS) is 10.9. The summed E-state index contributed by atoms with van der Waals surface area (Å²) in [6, 6.07) is 0. The van der Waals surface area contributed by atoms with Gasteiger partial charge in [0, 0.05) is 19.5 Å². The average Bonchev–Trinajstić information content (AvgIpc) is 2.54. The van der Waals surface area contributed by atoms with Gasteiger partial charge in [-0.1, -0.05) is 45.4 Å². The van der Waals surface area contributed by atoms with Crippen molar-refractivity contribution in [2.24, 2.45) is 0 Å². The van der Waals surface area contributed by atoms with E-state index < -0.39 is 11.7 Å². The topological polar surface area (TPSA) is 96.5 Å². The maximum Gasteiger partial charge on any atom is 0.408 e. The van der Waals surface area contributed by atoms with E-state index in [1.807, 2.05) is 0 Å². The van der Waals surface area contributed by atoms with Gasteiger partial charge in [0.2, 0.25) is 11.8 Å². The number of rotatable bonds is 13. The first-order valence-corrected chi connectivity index (χ1v) is 9.75. The molecule has 0 bridgehead atoms. The van der Waals surface area contributed by atoms with Crippen molar-refractivity contribution in [3.8, 4) is 0 Å². The number of carbonyl (C=O) groups is 3. The molecule has 7 nitrogen and oxygen atoms in total. The molecule has 3 N–H and O–H groups in total. The molecule has 0 aromatic carbocycles. The summed E-state index contributed by atoms with van der Waals surface area (Å²) in [5.74, 6) is -0.308. The zero-order chi connectivity index (χ0) is 19.8. The van der Waals surface area contributed by atoms with Crippen molar-refractivity contribution in [1.82, 2.24) is 16.0 Å². The second-order valence-corrected chi connectivity index (χ2v) is 7.43. The fraction of sp³-hybridized carbons (Fsp3) is 0.842. The van der Waals surface area contributed by atoms with Crippen LogP contribution in [0, 0.1) is 0 Å². The third-order valence-electron chi connectivity index (χ3n) is 3.57. The molecule has 0 saturated carbocycles. The Bertz CT molecular complexity index is 419. The van der Waals surface area contributed by atoms with Crippen LogP contribution in [0.25, 0.3) is 0 Å². The van der Waals surface area contributed by atoms with Crippen molar-refractivity contribution in [1.29, 1.82) is 0 Å². The van der Waals surface area contributed by atoms with Gasteiger partial charge in [0.25, 0.3) is 0 Å². The number of amides is 3. The van der Waals surface area contributed by atoms with Gasteiger partial charge in [0.1, 0.15) is 5.60 Å². The second-order valence-electron chi connectivity index (χ2n) is 7.43. The number of unbranched alkanes of at least 4 members (excludes halogenated alkanes) is 6. The SMILES string of the molecule is CCCCCCCCCC(=O)NCCNC(=O)CNC(=O)OC(C)(C)C. The Hall–Kier alpha value is -1.79. The van der Waals surface area contributed by atoms with Crippen molar-refractivity contribution < 1.29 is 19.1 Å². The minimum Gasteiger partial charge on any atom is -0.444 e. The molecule has 0 saturated heterocycles. The minimum absolute atomic E-state index is 0.0136. The zero-order valence-electron chi connectivity index (χ0n) is 16.9. The van der Waals surface area contributed by atoms with Gasteiger partial charge < -0.3 is 20.7 Å². The van der Waals surface area contributed by atoms with Crippen molar-refractivity contribution in [3.63, 3.8) is 0 Å². The number of nitrogens with one attached hydrogen (secondary N) is 3. The van der Waals surface area contributed by atoms with Crippen molar-refractivity contribution >= 4 is 17.9 Å². The quantitative estimate of drug-likeness (QED) is 0.434. The van der Waals surface area contributed by atoms with Crippen LogP contribution in [0.5, 0.6) is 0 Å². The number of carbonyl (C=O) groups excluding carboxylic acids is 3. The van der Waals surface area contributed by atoms with Gasteiger partial charge in [0.15, 0.2) is 0 Å². The molecule has 0 aliphatic heterocycles. The van der Waals surface area contributed by atoms with Gasteiger partial charge in [-0.2, -0.15) is 0 Å². The van der Waals surface area contributed by atoms with Crippen LogP contribution in [0.4, 0.5) is 4.79 Å². The largest absolute Gasteiger partial charge is 0.444 e. The van der Waals surface area contributed by atoms with Gasteiger partial charge in [0.05, 0.1) is 6.54 Å². The molecule has 152 valence electrons. The molecular formula is C19H37N3O4. The van der Waals surface area contributed by atoms with Crippen LogP contribution in [-0.2, 0) is 14.3 Å². The number of hydrogen-bond acceptors (Lipinski definition) is 4. The molecule has 0 unspecified atom stereocenters. The molecule has 0 spiro atoms. The first-order valence-electron chi connectivity index (χ1n) is 9.75. The molecule has 0 aromatic rings. The van der Waals surface area contributed by atoms with Crippen LogP contribution in [-0.4, -0.2) is 43.1 Å². The van der Waals surface area contributed by atoms with Crippen molar-refractivity contribution in [2.75, 3.05) is 19.6 Å². The average molecular weight is 372 g/mol. The van der Waals surface area contributed by atoms with Gasteiger partial charge >= 0.3 is 6.09 Å². The molecule has 0 atom stereocenters. The molecule has 0 radical (unpaired) electrons. The Kier molecular flexibility index (Phi) is 13.4. The lowest BCUT2D eigenvalue weighted by Gasteiger charge is -2.19. The summed E-state index contributed by atoms with van der Waals surface area (Å²) < 4.78 is 5.03. The highest BCUT2D eigenvalue weighted by Crippen LogP contribution is 2.08. The van der Waals surface area contributed by atoms with E-state index in [1.54, 1.807) is 20.8 Å². The summed E-state index contributed by atoms with van der Waals surface area (Å²) in [6.07, 6.45) is 8.15. The van der Waals surface area contributed by atoms with Crippen LogP contribution in [0.3, 0.4) is 0 Å². The van der Waals surface area contributed by atoms with E-state index in [4.69, 9.17) is 4.74 Å². The highest BCUT2D eigenvalue weighted by Gasteiger charge is 2.16. The Labute approximate surface area is 158 Å². The smallest absolute Gasteiger partial charge is 0.408 e. The van der Waals surface area contributed by atoms with Crippen LogP contribution in [0.1, 0.15) is 79.1 Å². The maximum atomic E-state index is 11.7. The molecule has 0 aromatic heterocycles. The molecule has 3 amide bonds. The van der Waals surface area contributed by atoms with E-state index in [0.717, 1.165) is 12.8 Å². The first-order chi connectivity index (χ1) is 12.2. The van der Waals surface area contributed by atoms with Crippen LogP contribution >= 0.6 is 0 Å². The zero-order valence-corrected chi connectivity index (χ0v) is 16.9. The van der Waals surface area contributed by atoms with E-state index in [2.05, 4.69) is 22.9 Å². The Morgan fingerprint density at radius 3 is 1.88 bits per heavy atom. The predicted octanol–water partition coefficient (Wildman–Crippen LogP) is 2.88. The second kappa shape index (κ2) is 14.4. The summed E-state index contributed by atoms with van der Waals surface area (Å²) in [5.41, 5.74) is -0.597. The van der Waals surface area contributed by atoms with E-state index in [0.29, 0.717) is 19.5 Å². The monoisotopic (exact) mass is 371 g/mol. The van der Waals surface area contributed by atoms with Crippen molar-refractivity contribution in [3.05, 3.63) is 0 Å². The Morgan fingerprint density at radius 1 is 0.769 bits per heavy atom. The minimum atomic E-state index is -0.629. The molecule has 0 aliphatic rings. The first kappa shape index (κ1) is 24.2. The summed E-state index contributed by atoms with van der Waals surface area (Å²) in [7, 11) is 0. The van der Waals surface area contributed by atoms with Crippen LogP contribution in [0.2, 0.25) is 0 Å². The van der Waals surface area contributed by atoms with Gasteiger partial charge in [-0.25, -0.2) is 4.79 Å². The molecule has 7 heteroatoms. The van der Waals surface area contributed by atoms with E-state index in [9.17, 15) is 14.4 Å². The van der Waals surface area contributed by atoms with E-state index >= 15 is 0 Å². The highest BCUT2D eigenvalue weighted by molar-refractivity contribution is 5.82. The number of hydrogen-bond donors (Lipinski definition) is 3. The summed E-state index contributed by atoms with van der Waals surface area (Å²) >= 11 is 0. The summed E-state index contributed by atoms with van der Waals surface area (Å²) in [6.45, 7) is 8.02. The van der Waals surface area contributed by atoms with Crippen LogP contribution < -0.4 is 16.0 Å². The van der Waals surface area contributed by atoms with E-state index in [1.165, 1.54) is 32.1 Å². The molecule has 0 heterocycles. The standard InChI is InChI=1S/C19H37N3O4/c1-5-6-7-8-9-10-11-12-16(23)20-13-14-21-17(24)15-22-18(25)26-19(2,3)4/h5-15H2,1-4H3,(H,20,23)(H,21,24)(H,22,25). The Balaban J connectivity index is 3.53. The molecule has 0 rings (SSSR count). The highest BCUT2D eigenvalue weighted by atomic mass is 16.6. The number of alkyl carbamates (subject to hydrolysis) is 1. The third kappa shape index (κ3) is 17.0. The van der Waals surface area contributed by atoms with Crippen LogP contribution in [0.15, 0.2) is 0 Å². The lowest BCUT2D eigenvalue weighted by atomic mass is 10.1. The fourth-order valence-electron chi connectivity index (χ4n) is 2.26. The van der Waals surface area contributed by atoms with Gasteiger partial charge in [-0.05, 0) is 27.2 Å². The molecule has 0 aliphatic carbocycles. The number of ether oxygens (including phenoxy) is 1. The fourth-order valence-corrected chi connectivity index (χ4v) is 2.26. The lowest BCUT2D eigenvalue weighted by Crippen LogP contribution is -2.41. The predicted molar refractivity (Wildman–Crippen MR) is 103 cm³/mol.